The van der Waals surface area contributed by atoms with Crippen LogP contribution in [0.4, 0.5) is 23.8 Å². The number of alkyl halides is 3. The van der Waals surface area contributed by atoms with Gasteiger partial charge in [0.25, 0.3) is 0 Å². The van der Waals surface area contributed by atoms with E-state index in [4.69, 9.17) is 0 Å². The average Bonchev–Trinajstić information content (AvgIpc) is 3.50. The molecule has 0 radical (unpaired) electrons. The zero-order valence-electron chi connectivity index (χ0n) is 19.4. The Morgan fingerprint density at radius 1 is 1.22 bits per heavy atom. The molecule has 10 nitrogen and oxygen atoms in total. The molecule has 1 spiro atoms. The van der Waals surface area contributed by atoms with Crippen molar-refractivity contribution in [2.75, 3.05) is 24.5 Å². The number of aromatic nitrogens is 2. The quantitative estimate of drug-likeness (QED) is 0.499. The van der Waals surface area contributed by atoms with Crippen LogP contribution in [0.5, 0.6) is 0 Å². The van der Waals surface area contributed by atoms with E-state index < -0.39 is 24.1 Å². The fourth-order valence-electron chi connectivity index (χ4n) is 5.26. The first-order chi connectivity index (χ1) is 17.0. The zero-order valence-corrected chi connectivity index (χ0v) is 19.4. The molecule has 3 aliphatic rings. The first-order valence-corrected chi connectivity index (χ1v) is 11.6. The summed E-state index contributed by atoms with van der Waals surface area (Å²) in [6.07, 6.45) is -1.99. The molecule has 1 aliphatic carbocycles. The summed E-state index contributed by atoms with van der Waals surface area (Å²) in [6, 6.07) is 5.40. The summed E-state index contributed by atoms with van der Waals surface area (Å²) in [5.74, 6) is -3.38. The molecule has 1 atom stereocenters. The van der Waals surface area contributed by atoms with Crippen LogP contribution in [0, 0.1) is 0 Å². The van der Waals surface area contributed by atoms with Crippen molar-refractivity contribution >= 4 is 40.6 Å². The van der Waals surface area contributed by atoms with Gasteiger partial charge in [-0.2, -0.15) is 18.3 Å². The molecule has 1 aromatic carbocycles. The molecule has 2 saturated heterocycles. The Hall–Kier alpha value is -3.48. The molecule has 1 N–H and O–H groups in total. The van der Waals surface area contributed by atoms with Crippen LogP contribution < -0.4 is 10.2 Å². The van der Waals surface area contributed by atoms with Crippen molar-refractivity contribution in [2.24, 2.45) is 7.05 Å². The fourth-order valence-corrected chi connectivity index (χ4v) is 5.26. The van der Waals surface area contributed by atoms with Gasteiger partial charge in [-0.1, -0.05) is 6.07 Å². The van der Waals surface area contributed by atoms with Crippen LogP contribution in [0.3, 0.4) is 0 Å². The lowest BCUT2D eigenvalue weighted by Gasteiger charge is -2.39. The number of nitrogens with zero attached hydrogens (tertiary/aromatic N) is 4. The topological polar surface area (TPSA) is 114 Å². The number of carbonyl (C=O) groups excluding carboxylic acids is 4. The van der Waals surface area contributed by atoms with Gasteiger partial charge in [-0.05, 0) is 55.8 Å². The maximum Gasteiger partial charge on any atom is 0.491 e. The second kappa shape index (κ2) is 8.57. The maximum absolute atomic E-state index is 12.4. The normalized spacial score (nSPS) is 22.1. The lowest BCUT2D eigenvalue weighted by molar-refractivity contribution is -0.202. The van der Waals surface area contributed by atoms with Gasteiger partial charge < -0.3 is 4.74 Å². The van der Waals surface area contributed by atoms with Crippen molar-refractivity contribution in [1.82, 2.24) is 20.0 Å². The van der Waals surface area contributed by atoms with E-state index in [9.17, 15) is 32.3 Å². The summed E-state index contributed by atoms with van der Waals surface area (Å²) in [6.45, 7) is 0.367. The van der Waals surface area contributed by atoms with Crippen LogP contribution >= 0.6 is 0 Å². The van der Waals surface area contributed by atoms with Gasteiger partial charge in [0.05, 0.1) is 12.1 Å². The number of benzene rings is 1. The number of imide groups is 1. The molecular formula is C23H24F3N5O5. The number of halogens is 3. The Kier molecular flexibility index (Phi) is 5.77. The Labute approximate surface area is 203 Å². The lowest BCUT2D eigenvalue weighted by atomic mass is 9.83. The number of likely N-dealkylation sites (tertiary alicyclic amines) is 1. The Balaban J connectivity index is 1.30. The number of amides is 3. The van der Waals surface area contributed by atoms with Crippen LogP contribution in [-0.4, -0.2) is 69.9 Å². The van der Waals surface area contributed by atoms with Crippen LogP contribution in [0.2, 0.25) is 0 Å². The first-order valence-electron chi connectivity index (χ1n) is 11.6. The summed E-state index contributed by atoms with van der Waals surface area (Å²) in [4.78, 5) is 50.0. The Morgan fingerprint density at radius 2 is 1.97 bits per heavy atom. The SMILES string of the molecule is Cn1nc(N2CCC(=O)NC2=O)c2ccc(C3CCN(CC(=O)OC(=O)C(F)(F)F)C4(CC4)C3)cc21. The molecule has 1 saturated carbocycles. The van der Waals surface area contributed by atoms with E-state index in [0.29, 0.717) is 18.8 Å². The van der Waals surface area contributed by atoms with Crippen LogP contribution in [0.1, 0.15) is 43.6 Å². The van der Waals surface area contributed by atoms with E-state index >= 15 is 0 Å². The van der Waals surface area contributed by atoms with E-state index in [0.717, 1.165) is 35.7 Å². The largest absolute Gasteiger partial charge is 0.491 e. The van der Waals surface area contributed by atoms with Gasteiger partial charge in [-0.3, -0.25) is 29.4 Å². The predicted molar refractivity (Wildman–Crippen MR) is 119 cm³/mol. The molecule has 36 heavy (non-hydrogen) atoms. The van der Waals surface area contributed by atoms with Crippen molar-refractivity contribution in [3.05, 3.63) is 23.8 Å². The molecular weight excluding hydrogens is 483 g/mol. The zero-order chi connectivity index (χ0) is 25.8. The molecule has 3 amide bonds. The van der Waals surface area contributed by atoms with Gasteiger partial charge in [-0.15, -0.1) is 0 Å². The molecule has 2 aromatic rings. The van der Waals surface area contributed by atoms with Gasteiger partial charge in [0.2, 0.25) is 5.91 Å². The summed E-state index contributed by atoms with van der Waals surface area (Å²) >= 11 is 0. The van der Waals surface area contributed by atoms with Crippen molar-refractivity contribution in [1.29, 1.82) is 0 Å². The van der Waals surface area contributed by atoms with E-state index in [1.165, 1.54) is 4.90 Å². The van der Waals surface area contributed by atoms with Crippen molar-refractivity contribution in [3.8, 4) is 0 Å². The molecule has 5 rings (SSSR count). The standard InChI is InChI=1S/C23H24F3N5O5/c1-29-16-10-13(2-3-15(16)19(28-29)31-9-5-17(32)27-21(31)35)14-4-8-30(22(11-14)6-7-22)12-18(33)36-20(34)23(24,25)26/h2-3,10,14H,4-9,11-12H2,1H3,(H,27,32,35). The van der Waals surface area contributed by atoms with E-state index in [2.05, 4.69) is 15.2 Å². The van der Waals surface area contributed by atoms with E-state index in [-0.39, 0.29) is 36.9 Å². The second-order valence-corrected chi connectivity index (χ2v) is 9.57. The van der Waals surface area contributed by atoms with Gasteiger partial charge in [0, 0.05) is 30.9 Å². The number of hydrogen-bond donors (Lipinski definition) is 1. The number of fused-ring (bicyclic) bond motifs is 1. The smallest absolute Gasteiger partial charge is 0.385 e. The highest BCUT2D eigenvalue weighted by molar-refractivity contribution is 6.08. The molecule has 1 unspecified atom stereocenters. The highest BCUT2D eigenvalue weighted by atomic mass is 19.4. The van der Waals surface area contributed by atoms with Gasteiger partial charge in [0.1, 0.15) is 0 Å². The number of nitrogens with one attached hydrogen (secondary N) is 1. The average molecular weight is 507 g/mol. The number of rotatable bonds is 4. The lowest BCUT2D eigenvalue weighted by Crippen LogP contribution is -2.49. The van der Waals surface area contributed by atoms with Crippen LogP contribution in [0.15, 0.2) is 18.2 Å². The van der Waals surface area contributed by atoms with Gasteiger partial charge in [-0.25, -0.2) is 9.59 Å². The molecule has 3 fully saturated rings. The first kappa shape index (κ1) is 24.2. The van der Waals surface area contributed by atoms with Crippen molar-refractivity contribution in [3.63, 3.8) is 0 Å². The molecule has 13 heteroatoms. The van der Waals surface area contributed by atoms with Gasteiger partial charge >= 0.3 is 24.1 Å². The number of urea groups is 1. The number of hydrogen-bond acceptors (Lipinski definition) is 7. The highest BCUT2D eigenvalue weighted by Crippen LogP contribution is 2.52. The summed E-state index contributed by atoms with van der Waals surface area (Å²) < 4.78 is 42.8. The number of anilines is 1. The molecule has 3 heterocycles. The third kappa shape index (κ3) is 4.43. The molecule has 192 valence electrons. The molecule has 0 bridgehead atoms. The number of esters is 2. The number of aryl methyl sites for hydroxylation is 1. The van der Waals surface area contributed by atoms with Gasteiger partial charge in [0.15, 0.2) is 5.82 Å². The minimum Gasteiger partial charge on any atom is -0.385 e. The van der Waals surface area contributed by atoms with Crippen molar-refractivity contribution < 1.29 is 37.1 Å². The fraction of sp³-hybridized carbons (Fsp3) is 0.522. The molecule has 1 aromatic heterocycles. The third-order valence-corrected chi connectivity index (χ3v) is 7.27. The molecule has 2 aliphatic heterocycles. The van der Waals surface area contributed by atoms with E-state index in [1.807, 2.05) is 23.1 Å². The Bertz CT molecular complexity index is 1270. The minimum absolute atomic E-state index is 0.162. The summed E-state index contributed by atoms with van der Waals surface area (Å²) in [5, 5.41) is 7.59. The number of piperidine rings is 1. The number of carbonyl (C=O) groups is 4. The maximum atomic E-state index is 12.4. The second-order valence-electron chi connectivity index (χ2n) is 9.57. The predicted octanol–water partition coefficient (Wildman–Crippen LogP) is 2.36. The number of ether oxygens (including phenoxy) is 1. The monoisotopic (exact) mass is 507 g/mol. The summed E-state index contributed by atoms with van der Waals surface area (Å²) in [5.41, 5.74) is 1.60. The minimum atomic E-state index is -5.21. The van der Waals surface area contributed by atoms with Crippen LogP contribution in [0.25, 0.3) is 10.9 Å². The van der Waals surface area contributed by atoms with E-state index in [1.54, 1.807) is 11.7 Å². The Morgan fingerprint density at radius 3 is 2.64 bits per heavy atom. The van der Waals surface area contributed by atoms with Crippen molar-refractivity contribution in [2.45, 2.75) is 49.7 Å². The summed E-state index contributed by atoms with van der Waals surface area (Å²) in [7, 11) is 1.78. The van der Waals surface area contributed by atoms with Crippen LogP contribution in [-0.2, 0) is 26.2 Å². The third-order valence-electron chi connectivity index (χ3n) is 7.27. The highest BCUT2D eigenvalue weighted by Gasteiger charge is 2.52.